The topological polar surface area (TPSA) is 81.9 Å². The van der Waals surface area contributed by atoms with Crippen LogP contribution in [0.2, 0.25) is 0 Å². The van der Waals surface area contributed by atoms with Crippen LogP contribution >= 0.6 is 11.3 Å². The Morgan fingerprint density at radius 1 is 1.14 bits per heavy atom. The third-order valence-electron chi connectivity index (χ3n) is 3.98. The van der Waals surface area contributed by atoms with E-state index in [2.05, 4.69) is 20.4 Å². The van der Waals surface area contributed by atoms with E-state index in [-0.39, 0.29) is 12.0 Å². The smallest absolute Gasteiger partial charge is 0.275 e. The van der Waals surface area contributed by atoms with Gasteiger partial charge in [-0.15, -0.1) is 11.3 Å². The minimum atomic E-state index is -0.276. The summed E-state index contributed by atoms with van der Waals surface area (Å²) in [7, 11) is 0. The first-order valence-electron chi connectivity index (χ1n) is 9.07. The van der Waals surface area contributed by atoms with Gasteiger partial charge in [0.25, 0.3) is 5.91 Å². The molecule has 146 valence electrons. The highest BCUT2D eigenvalue weighted by Gasteiger charge is 2.13. The number of nitrogens with one attached hydrogen (secondary N) is 1. The Bertz CT molecular complexity index is 1100. The van der Waals surface area contributed by atoms with Crippen molar-refractivity contribution in [3.63, 3.8) is 0 Å². The van der Waals surface area contributed by atoms with Crippen molar-refractivity contribution in [2.75, 3.05) is 5.32 Å². The van der Waals surface area contributed by atoms with Crippen molar-refractivity contribution in [2.45, 2.75) is 20.0 Å². The predicted molar refractivity (Wildman–Crippen MR) is 113 cm³/mol. The molecule has 0 bridgehead atoms. The average molecular weight is 405 g/mol. The minimum absolute atomic E-state index is 0.124. The summed E-state index contributed by atoms with van der Waals surface area (Å²) in [5.41, 5.74) is 2.76. The molecule has 3 heterocycles. The van der Waals surface area contributed by atoms with E-state index in [9.17, 15) is 4.79 Å². The molecule has 0 aliphatic rings. The Morgan fingerprint density at radius 2 is 1.90 bits per heavy atom. The van der Waals surface area contributed by atoms with E-state index < -0.39 is 0 Å². The van der Waals surface area contributed by atoms with Crippen LogP contribution in [0.15, 0.2) is 66.6 Å². The fraction of sp³-hybridized carbons (Fsp3) is 0.143. The van der Waals surface area contributed by atoms with Crippen LogP contribution in [0.25, 0.3) is 16.3 Å². The molecule has 7 nitrogen and oxygen atoms in total. The molecule has 3 aromatic heterocycles. The van der Waals surface area contributed by atoms with Crippen LogP contribution in [-0.2, 0) is 0 Å². The number of nitrogens with zero attached hydrogens (tertiary/aromatic N) is 4. The molecular formula is C21H19N5O2S. The average Bonchev–Trinajstić information content (AvgIpc) is 3.39. The first-order chi connectivity index (χ1) is 14.1. The fourth-order valence-electron chi connectivity index (χ4n) is 2.68. The van der Waals surface area contributed by atoms with Gasteiger partial charge in [0.05, 0.1) is 29.9 Å². The van der Waals surface area contributed by atoms with Crippen LogP contribution in [0, 0.1) is 0 Å². The number of amides is 1. The van der Waals surface area contributed by atoms with Crippen LogP contribution < -0.4 is 10.1 Å². The van der Waals surface area contributed by atoms with Crippen molar-refractivity contribution in [1.29, 1.82) is 0 Å². The highest BCUT2D eigenvalue weighted by molar-refractivity contribution is 7.13. The van der Waals surface area contributed by atoms with Gasteiger partial charge in [-0.25, -0.2) is 9.67 Å². The molecule has 4 aromatic rings. The zero-order chi connectivity index (χ0) is 20.2. The van der Waals surface area contributed by atoms with E-state index in [1.807, 2.05) is 50.2 Å². The van der Waals surface area contributed by atoms with E-state index in [4.69, 9.17) is 4.74 Å². The molecule has 0 unspecified atom stereocenters. The van der Waals surface area contributed by atoms with E-state index in [1.54, 1.807) is 34.8 Å². The highest BCUT2D eigenvalue weighted by Crippen LogP contribution is 2.26. The lowest BCUT2D eigenvalue weighted by atomic mass is 10.2. The number of pyridine rings is 1. The maximum atomic E-state index is 12.5. The number of hydrogen-bond donors (Lipinski definition) is 1. The number of ether oxygens (including phenoxy) is 1. The number of anilines is 1. The number of aromatic nitrogens is 4. The molecule has 8 heteroatoms. The van der Waals surface area contributed by atoms with Crippen LogP contribution in [0.5, 0.6) is 5.75 Å². The Morgan fingerprint density at radius 3 is 2.62 bits per heavy atom. The van der Waals surface area contributed by atoms with Crippen LogP contribution in [0.1, 0.15) is 24.3 Å². The molecule has 1 amide bonds. The Hall–Kier alpha value is -3.52. The largest absolute Gasteiger partial charge is 0.491 e. The Balaban J connectivity index is 1.44. The molecular weight excluding hydrogens is 386 g/mol. The van der Waals surface area contributed by atoms with Gasteiger partial charge in [0.2, 0.25) is 0 Å². The van der Waals surface area contributed by atoms with E-state index in [0.29, 0.717) is 11.4 Å². The second-order valence-corrected chi connectivity index (χ2v) is 7.42. The SMILES string of the molecule is CC(C)Oc1ccc(-c2nc(C(=O)Nc3cnn(-c4ccncc4)c3)cs2)cc1. The van der Waals surface area contributed by atoms with Crippen molar-refractivity contribution in [3.05, 3.63) is 72.3 Å². The predicted octanol–water partition coefficient (Wildman–Crippen LogP) is 4.43. The Kier molecular flexibility index (Phi) is 5.35. The molecule has 1 N–H and O–H groups in total. The summed E-state index contributed by atoms with van der Waals surface area (Å²) in [6.45, 7) is 3.97. The van der Waals surface area contributed by atoms with Crippen LogP contribution in [0.3, 0.4) is 0 Å². The van der Waals surface area contributed by atoms with Gasteiger partial charge >= 0.3 is 0 Å². The number of carbonyl (C=O) groups excluding carboxylic acids is 1. The van der Waals surface area contributed by atoms with Crippen molar-refractivity contribution in [1.82, 2.24) is 19.7 Å². The molecule has 0 atom stereocenters. The second-order valence-electron chi connectivity index (χ2n) is 6.56. The number of hydrogen-bond acceptors (Lipinski definition) is 6. The molecule has 0 fully saturated rings. The first-order valence-corrected chi connectivity index (χ1v) is 9.95. The number of benzene rings is 1. The van der Waals surface area contributed by atoms with Crippen LogP contribution in [-0.4, -0.2) is 31.8 Å². The third kappa shape index (κ3) is 4.49. The first kappa shape index (κ1) is 18.8. The molecule has 0 radical (unpaired) electrons. The van der Waals surface area contributed by atoms with Gasteiger partial charge in [-0.2, -0.15) is 5.10 Å². The van der Waals surface area contributed by atoms with E-state index in [1.165, 1.54) is 11.3 Å². The zero-order valence-electron chi connectivity index (χ0n) is 15.9. The molecule has 4 rings (SSSR count). The summed E-state index contributed by atoms with van der Waals surface area (Å²) in [6, 6.07) is 11.4. The normalized spacial score (nSPS) is 10.9. The van der Waals surface area contributed by atoms with E-state index in [0.717, 1.165) is 22.0 Å². The quantitative estimate of drug-likeness (QED) is 0.513. The molecule has 0 saturated carbocycles. The summed E-state index contributed by atoms with van der Waals surface area (Å²) in [5.74, 6) is 0.533. The van der Waals surface area contributed by atoms with Gasteiger partial charge < -0.3 is 10.1 Å². The molecule has 0 aliphatic carbocycles. The standard InChI is InChI=1S/C21H19N5O2S/c1-14(2)28-18-5-3-15(4-6-18)21-25-19(13-29-21)20(27)24-16-11-23-26(12-16)17-7-9-22-10-8-17/h3-14H,1-2H3,(H,24,27). The monoisotopic (exact) mass is 405 g/mol. The molecule has 0 spiro atoms. The number of thiazole rings is 1. The lowest BCUT2D eigenvalue weighted by molar-refractivity contribution is 0.102. The molecule has 1 aromatic carbocycles. The summed E-state index contributed by atoms with van der Waals surface area (Å²) in [6.07, 6.45) is 6.84. The fourth-order valence-corrected chi connectivity index (χ4v) is 3.49. The minimum Gasteiger partial charge on any atom is -0.491 e. The van der Waals surface area contributed by atoms with Crippen LogP contribution in [0.4, 0.5) is 5.69 Å². The molecule has 29 heavy (non-hydrogen) atoms. The summed E-state index contributed by atoms with van der Waals surface area (Å²) < 4.78 is 7.33. The van der Waals surface area contributed by atoms with Gasteiger partial charge in [-0.3, -0.25) is 9.78 Å². The summed E-state index contributed by atoms with van der Waals surface area (Å²) in [5, 5.41) is 9.61. The van der Waals surface area contributed by atoms with Gasteiger partial charge in [0.15, 0.2) is 0 Å². The lowest BCUT2D eigenvalue weighted by Crippen LogP contribution is -2.11. The van der Waals surface area contributed by atoms with Crippen molar-refractivity contribution in [2.24, 2.45) is 0 Å². The van der Waals surface area contributed by atoms with Gasteiger partial charge in [0, 0.05) is 23.3 Å². The van der Waals surface area contributed by atoms with Gasteiger partial charge in [0.1, 0.15) is 16.5 Å². The maximum Gasteiger partial charge on any atom is 0.275 e. The second kappa shape index (κ2) is 8.24. The summed E-state index contributed by atoms with van der Waals surface area (Å²) in [4.78, 5) is 21.0. The molecule has 0 saturated heterocycles. The zero-order valence-corrected chi connectivity index (χ0v) is 16.8. The van der Waals surface area contributed by atoms with Crippen molar-refractivity contribution in [3.8, 4) is 22.0 Å². The number of rotatable bonds is 6. The Labute approximate surface area is 172 Å². The van der Waals surface area contributed by atoms with Crippen molar-refractivity contribution < 1.29 is 9.53 Å². The van der Waals surface area contributed by atoms with Gasteiger partial charge in [-0.05, 0) is 50.2 Å². The van der Waals surface area contributed by atoms with E-state index >= 15 is 0 Å². The maximum absolute atomic E-state index is 12.5. The lowest BCUT2D eigenvalue weighted by Gasteiger charge is -2.09. The van der Waals surface area contributed by atoms with Gasteiger partial charge in [-0.1, -0.05) is 0 Å². The number of carbonyl (C=O) groups is 1. The molecule has 0 aliphatic heterocycles. The summed E-state index contributed by atoms with van der Waals surface area (Å²) >= 11 is 1.42. The van der Waals surface area contributed by atoms with Crippen molar-refractivity contribution >= 4 is 22.9 Å². The highest BCUT2D eigenvalue weighted by atomic mass is 32.1. The third-order valence-corrected chi connectivity index (χ3v) is 4.87.